The van der Waals surface area contributed by atoms with Crippen LogP contribution in [0.15, 0.2) is 54.6 Å². The highest BCUT2D eigenvalue weighted by Gasteiger charge is 2.12. The summed E-state index contributed by atoms with van der Waals surface area (Å²) in [6.07, 6.45) is 0. The van der Waals surface area contributed by atoms with E-state index in [1.54, 1.807) is 43.3 Å². The highest BCUT2D eigenvalue weighted by Crippen LogP contribution is 2.28. The van der Waals surface area contributed by atoms with Crippen LogP contribution >= 0.6 is 23.2 Å². The second-order valence-electron chi connectivity index (χ2n) is 5.25. The maximum Gasteiger partial charge on any atom is 0.274 e. The van der Waals surface area contributed by atoms with E-state index in [4.69, 9.17) is 23.2 Å². The van der Waals surface area contributed by atoms with Gasteiger partial charge in [-0.15, -0.1) is 0 Å². The van der Waals surface area contributed by atoms with Crippen molar-refractivity contribution >= 4 is 46.3 Å². The Morgan fingerprint density at radius 2 is 1.76 bits per heavy atom. The van der Waals surface area contributed by atoms with Crippen molar-refractivity contribution in [2.24, 2.45) is 0 Å². The number of hydrogen-bond donors (Lipinski definition) is 2. The molecule has 2 N–H and O–H groups in total. The molecule has 5 nitrogen and oxygen atoms in total. The molecule has 0 bridgehead atoms. The molecule has 0 radical (unpaired) electrons. The molecule has 0 spiro atoms. The monoisotopic (exact) mass is 372 g/mol. The lowest BCUT2D eigenvalue weighted by Gasteiger charge is -2.10. The second kappa shape index (κ2) is 7.51. The lowest BCUT2D eigenvalue weighted by atomic mass is 10.3. The van der Waals surface area contributed by atoms with Crippen LogP contribution in [0.1, 0.15) is 16.3 Å². The van der Waals surface area contributed by atoms with E-state index in [2.05, 4.69) is 20.6 Å². The van der Waals surface area contributed by atoms with Crippen LogP contribution in [0.2, 0.25) is 10.0 Å². The summed E-state index contributed by atoms with van der Waals surface area (Å²) in [5.41, 5.74) is 1.54. The topological polar surface area (TPSA) is 66.9 Å². The average Bonchev–Trinajstić information content (AvgIpc) is 2.58. The molecule has 0 saturated carbocycles. The van der Waals surface area contributed by atoms with Crippen molar-refractivity contribution in [3.63, 3.8) is 0 Å². The maximum absolute atomic E-state index is 12.4. The number of benzene rings is 2. The smallest absolute Gasteiger partial charge is 0.274 e. The normalized spacial score (nSPS) is 10.4. The lowest BCUT2D eigenvalue weighted by Crippen LogP contribution is -2.15. The van der Waals surface area contributed by atoms with Crippen molar-refractivity contribution in [3.05, 3.63) is 76.2 Å². The fraction of sp³-hybridized carbons (Fsp3) is 0.0556. The summed E-state index contributed by atoms with van der Waals surface area (Å²) >= 11 is 12.1. The predicted octanol–water partition coefficient (Wildman–Crippen LogP) is 5.09. The van der Waals surface area contributed by atoms with Crippen LogP contribution in [0.5, 0.6) is 0 Å². The second-order valence-corrected chi connectivity index (χ2v) is 6.10. The first-order valence-corrected chi connectivity index (χ1v) is 8.21. The number of carbonyl (C=O) groups is 1. The quantitative estimate of drug-likeness (QED) is 0.669. The van der Waals surface area contributed by atoms with E-state index in [1.165, 1.54) is 0 Å². The Morgan fingerprint density at radius 1 is 1.00 bits per heavy atom. The van der Waals surface area contributed by atoms with E-state index < -0.39 is 0 Å². The lowest BCUT2D eigenvalue weighted by molar-refractivity contribution is 0.102. The highest BCUT2D eigenvalue weighted by molar-refractivity contribution is 6.35. The van der Waals surface area contributed by atoms with Crippen LogP contribution < -0.4 is 10.6 Å². The number of halogens is 2. The highest BCUT2D eigenvalue weighted by atomic mass is 35.5. The van der Waals surface area contributed by atoms with Crippen molar-refractivity contribution in [1.29, 1.82) is 0 Å². The zero-order chi connectivity index (χ0) is 17.8. The van der Waals surface area contributed by atoms with Gasteiger partial charge in [0.05, 0.1) is 10.7 Å². The number of carbonyl (C=O) groups excluding carboxylic acids is 1. The third-order valence-electron chi connectivity index (χ3n) is 3.29. The predicted molar refractivity (Wildman–Crippen MR) is 101 cm³/mol. The van der Waals surface area contributed by atoms with Crippen molar-refractivity contribution in [2.75, 3.05) is 10.6 Å². The number of aromatic nitrogens is 2. The van der Waals surface area contributed by atoms with Gasteiger partial charge in [-0.05, 0) is 37.3 Å². The molecule has 0 aliphatic carbocycles. The summed E-state index contributed by atoms with van der Waals surface area (Å²) in [6.45, 7) is 1.71. The van der Waals surface area contributed by atoms with Gasteiger partial charge in [-0.2, -0.15) is 0 Å². The molecule has 0 fully saturated rings. The molecule has 0 saturated heterocycles. The summed E-state index contributed by atoms with van der Waals surface area (Å²) in [5.74, 6) is 0.591. The van der Waals surface area contributed by atoms with Crippen LogP contribution in [0, 0.1) is 6.92 Å². The number of anilines is 3. The van der Waals surface area contributed by atoms with Gasteiger partial charge in [0.15, 0.2) is 0 Å². The third-order valence-corrected chi connectivity index (χ3v) is 3.86. The molecule has 0 atom stereocenters. The minimum atomic E-state index is -0.322. The number of para-hydroxylation sites is 1. The van der Waals surface area contributed by atoms with Crippen molar-refractivity contribution < 1.29 is 4.79 Å². The first-order valence-electron chi connectivity index (χ1n) is 7.45. The molecule has 2 aromatic carbocycles. The van der Waals surface area contributed by atoms with Crippen LogP contribution in [0.3, 0.4) is 0 Å². The third kappa shape index (κ3) is 4.47. The van der Waals surface area contributed by atoms with Gasteiger partial charge in [0, 0.05) is 16.8 Å². The van der Waals surface area contributed by atoms with Gasteiger partial charge < -0.3 is 10.6 Å². The Kier molecular flexibility index (Phi) is 5.16. The molecule has 1 aromatic heterocycles. The molecule has 0 aliphatic heterocycles. The van der Waals surface area contributed by atoms with Gasteiger partial charge in [-0.3, -0.25) is 4.79 Å². The van der Waals surface area contributed by atoms with E-state index >= 15 is 0 Å². The molecule has 3 rings (SSSR count). The van der Waals surface area contributed by atoms with Crippen LogP contribution in [0.4, 0.5) is 17.2 Å². The Labute approximate surface area is 155 Å². The minimum absolute atomic E-state index is 0.247. The van der Waals surface area contributed by atoms with E-state index in [1.807, 2.05) is 18.2 Å². The SMILES string of the molecule is Cc1nc(Nc2cc(Cl)ccc2Cl)cc(C(=O)Nc2ccccc2)n1. The number of nitrogens with one attached hydrogen (secondary N) is 2. The number of rotatable bonds is 4. The van der Waals surface area contributed by atoms with Gasteiger partial charge in [-0.1, -0.05) is 41.4 Å². The van der Waals surface area contributed by atoms with Crippen LogP contribution in [-0.2, 0) is 0 Å². The Balaban J connectivity index is 1.85. The zero-order valence-electron chi connectivity index (χ0n) is 13.3. The molecule has 0 unspecified atom stereocenters. The molecular formula is C18H14Cl2N4O. The Bertz CT molecular complexity index is 916. The van der Waals surface area contributed by atoms with Crippen molar-refractivity contribution in [1.82, 2.24) is 9.97 Å². The van der Waals surface area contributed by atoms with Gasteiger partial charge in [0.1, 0.15) is 17.3 Å². The number of amides is 1. The Hall–Kier alpha value is -2.63. The fourth-order valence-electron chi connectivity index (χ4n) is 2.20. The van der Waals surface area contributed by atoms with E-state index in [0.29, 0.717) is 33.1 Å². The maximum atomic E-state index is 12.4. The number of aryl methyl sites for hydroxylation is 1. The summed E-state index contributed by atoms with van der Waals surface area (Å²) in [7, 11) is 0. The summed E-state index contributed by atoms with van der Waals surface area (Å²) in [6, 6.07) is 15.8. The van der Waals surface area contributed by atoms with Gasteiger partial charge in [-0.25, -0.2) is 9.97 Å². The molecule has 3 aromatic rings. The van der Waals surface area contributed by atoms with Crippen LogP contribution in [-0.4, -0.2) is 15.9 Å². The first-order chi connectivity index (χ1) is 12.0. The fourth-order valence-corrected chi connectivity index (χ4v) is 2.53. The molecule has 25 heavy (non-hydrogen) atoms. The molecule has 1 amide bonds. The van der Waals surface area contributed by atoms with Gasteiger partial charge in [0.25, 0.3) is 5.91 Å². The van der Waals surface area contributed by atoms with Crippen molar-refractivity contribution in [2.45, 2.75) is 6.92 Å². The molecule has 7 heteroatoms. The van der Waals surface area contributed by atoms with E-state index in [9.17, 15) is 4.79 Å². The zero-order valence-corrected chi connectivity index (χ0v) is 14.8. The Morgan fingerprint density at radius 3 is 2.52 bits per heavy atom. The number of hydrogen-bond acceptors (Lipinski definition) is 4. The van der Waals surface area contributed by atoms with E-state index in [0.717, 1.165) is 0 Å². The molecule has 126 valence electrons. The standard InChI is InChI=1S/C18H14Cl2N4O/c1-11-21-16(18(25)23-13-5-3-2-4-6-13)10-17(22-11)24-15-9-12(19)7-8-14(15)20/h2-10H,1H3,(H,23,25)(H,21,22,24). The molecule has 0 aliphatic rings. The summed E-state index contributed by atoms with van der Waals surface area (Å²) in [4.78, 5) is 20.9. The van der Waals surface area contributed by atoms with E-state index in [-0.39, 0.29) is 11.6 Å². The average molecular weight is 373 g/mol. The first kappa shape index (κ1) is 17.2. The largest absolute Gasteiger partial charge is 0.339 e. The molecular weight excluding hydrogens is 359 g/mol. The van der Waals surface area contributed by atoms with Gasteiger partial charge >= 0.3 is 0 Å². The van der Waals surface area contributed by atoms with Gasteiger partial charge in [0.2, 0.25) is 0 Å². The summed E-state index contributed by atoms with van der Waals surface area (Å²) in [5, 5.41) is 6.90. The summed E-state index contributed by atoms with van der Waals surface area (Å²) < 4.78 is 0. The number of nitrogens with zero attached hydrogens (tertiary/aromatic N) is 2. The van der Waals surface area contributed by atoms with Crippen LogP contribution in [0.25, 0.3) is 0 Å². The molecule has 1 heterocycles. The minimum Gasteiger partial charge on any atom is -0.339 e. The van der Waals surface area contributed by atoms with Crippen molar-refractivity contribution in [3.8, 4) is 0 Å².